The van der Waals surface area contributed by atoms with Gasteiger partial charge in [0.2, 0.25) is 12.0 Å². The first-order valence-electron chi connectivity index (χ1n) is 7.91. The molecule has 0 aromatic heterocycles. The van der Waals surface area contributed by atoms with Crippen LogP contribution in [0.3, 0.4) is 0 Å². The lowest BCUT2D eigenvalue weighted by molar-refractivity contribution is -0.184. The minimum Gasteiger partial charge on any atom is -0.460 e. The molecule has 1 heterocycles. The van der Waals surface area contributed by atoms with Gasteiger partial charge in [-0.25, -0.2) is 4.79 Å². The van der Waals surface area contributed by atoms with Crippen LogP contribution in [0.25, 0.3) is 0 Å². The Kier molecular flexibility index (Phi) is 4.22. The fourth-order valence-electron chi connectivity index (χ4n) is 3.59. The van der Waals surface area contributed by atoms with Gasteiger partial charge in [0.1, 0.15) is 11.2 Å². The first-order valence-corrected chi connectivity index (χ1v) is 7.91. The molecule has 1 spiro atoms. The second kappa shape index (κ2) is 6.16. The average molecular weight is 316 g/mol. The van der Waals surface area contributed by atoms with Crippen molar-refractivity contribution >= 4 is 11.8 Å². The lowest BCUT2D eigenvalue weighted by atomic mass is 9.68. The molecule has 1 saturated carbocycles. The van der Waals surface area contributed by atoms with Gasteiger partial charge in [-0.1, -0.05) is 30.3 Å². The van der Waals surface area contributed by atoms with Crippen LogP contribution in [0, 0.1) is 5.41 Å². The van der Waals surface area contributed by atoms with Crippen molar-refractivity contribution in [2.24, 2.45) is 5.41 Å². The summed E-state index contributed by atoms with van der Waals surface area (Å²) >= 11 is 0. The number of aliphatic hydroxyl groups excluding tert-OH is 1. The molecule has 0 unspecified atom stereocenters. The summed E-state index contributed by atoms with van der Waals surface area (Å²) in [4.78, 5) is 24.6. The molecule has 1 aromatic rings. The van der Waals surface area contributed by atoms with Crippen molar-refractivity contribution in [2.75, 3.05) is 6.61 Å². The van der Waals surface area contributed by atoms with E-state index in [1.54, 1.807) is 13.0 Å². The molecule has 3 rings (SSSR count). The normalized spacial score (nSPS) is 30.0. The lowest BCUT2D eigenvalue weighted by Gasteiger charge is -2.41. The molecule has 0 bridgehead atoms. The number of allylic oxidation sites excluding steroid dienone is 1. The predicted molar refractivity (Wildman–Crippen MR) is 82.3 cm³/mol. The summed E-state index contributed by atoms with van der Waals surface area (Å²) in [5.74, 6) is -1.06. The molecular weight excluding hydrogens is 296 g/mol. The standard InChI is InChI=1S/C18H20O5/c1-2-22-16(20)14-11-13(12-7-4-3-5-8-12)18(17(21)23-14)10-6-9-15(18)19/h3-5,7-8,11,13,17,21H,2,6,9-10H2,1H3/t13-,17+,18+/m1/s1. The molecule has 1 aliphatic carbocycles. The van der Waals surface area contributed by atoms with Crippen LogP contribution in [0.5, 0.6) is 0 Å². The van der Waals surface area contributed by atoms with Crippen molar-refractivity contribution < 1.29 is 24.2 Å². The lowest BCUT2D eigenvalue weighted by Crippen LogP contribution is -2.48. The smallest absolute Gasteiger partial charge is 0.373 e. The van der Waals surface area contributed by atoms with Crippen molar-refractivity contribution in [1.82, 2.24) is 0 Å². The maximum absolute atomic E-state index is 12.6. The average Bonchev–Trinajstić information content (AvgIpc) is 2.93. The summed E-state index contributed by atoms with van der Waals surface area (Å²) in [6.45, 7) is 1.92. The van der Waals surface area contributed by atoms with Crippen molar-refractivity contribution in [3.05, 3.63) is 47.7 Å². The van der Waals surface area contributed by atoms with E-state index in [-0.39, 0.29) is 18.1 Å². The van der Waals surface area contributed by atoms with Crippen LogP contribution in [0.1, 0.15) is 37.7 Å². The second-order valence-corrected chi connectivity index (χ2v) is 5.93. The Morgan fingerprint density at radius 2 is 2.13 bits per heavy atom. The SMILES string of the molecule is CCOC(=O)C1=C[C@H](c2ccccc2)[C@]2(CCCC2=O)[C@@H](O)O1. The summed E-state index contributed by atoms with van der Waals surface area (Å²) in [6, 6.07) is 9.44. The molecule has 5 heteroatoms. The maximum atomic E-state index is 12.6. The second-order valence-electron chi connectivity index (χ2n) is 5.93. The zero-order valence-corrected chi connectivity index (χ0v) is 13.0. The van der Waals surface area contributed by atoms with Crippen LogP contribution in [-0.4, -0.2) is 29.8 Å². The van der Waals surface area contributed by atoms with Gasteiger partial charge in [-0.2, -0.15) is 0 Å². The summed E-state index contributed by atoms with van der Waals surface area (Å²) in [5.41, 5.74) is -0.135. The van der Waals surface area contributed by atoms with Gasteiger partial charge in [-0.05, 0) is 31.4 Å². The van der Waals surface area contributed by atoms with Crippen LogP contribution >= 0.6 is 0 Å². The summed E-state index contributed by atoms with van der Waals surface area (Å²) in [7, 11) is 0. The third-order valence-electron chi connectivity index (χ3n) is 4.70. The van der Waals surface area contributed by atoms with Gasteiger partial charge in [0, 0.05) is 12.3 Å². The highest BCUT2D eigenvalue weighted by molar-refractivity contribution is 5.91. The first kappa shape index (κ1) is 15.7. The predicted octanol–water partition coefficient (Wildman–Crippen LogP) is 2.31. The van der Waals surface area contributed by atoms with Gasteiger partial charge < -0.3 is 14.6 Å². The largest absolute Gasteiger partial charge is 0.460 e. The van der Waals surface area contributed by atoms with Gasteiger partial charge in [0.25, 0.3) is 0 Å². The van der Waals surface area contributed by atoms with Crippen molar-refractivity contribution in [1.29, 1.82) is 0 Å². The Labute approximate surface area is 134 Å². The van der Waals surface area contributed by atoms with Gasteiger partial charge in [-0.15, -0.1) is 0 Å². The van der Waals surface area contributed by atoms with E-state index >= 15 is 0 Å². The van der Waals surface area contributed by atoms with E-state index in [0.717, 1.165) is 5.56 Å². The number of benzene rings is 1. The molecule has 1 aliphatic heterocycles. The van der Waals surface area contributed by atoms with Crippen LogP contribution in [0.4, 0.5) is 0 Å². The number of ketones is 1. The minimum atomic E-state index is -1.34. The number of carbonyl (C=O) groups excluding carboxylic acids is 2. The van der Waals surface area contributed by atoms with Gasteiger partial charge >= 0.3 is 5.97 Å². The molecule has 0 radical (unpaired) electrons. The third kappa shape index (κ3) is 2.55. The van der Waals surface area contributed by atoms with E-state index in [9.17, 15) is 14.7 Å². The maximum Gasteiger partial charge on any atom is 0.373 e. The summed E-state index contributed by atoms with van der Waals surface area (Å²) in [5, 5.41) is 10.6. The van der Waals surface area contributed by atoms with Crippen LogP contribution in [0.2, 0.25) is 0 Å². The highest BCUT2D eigenvalue weighted by Gasteiger charge is 2.57. The highest BCUT2D eigenvalue weighted by atomic mass is 16.6. The summed E-state index contributed by atoms with van der Waals surface area (Å²) in [6.07, 6.45) is 1.96. The van der Waals surface area contributed by atoms with E-state index in [0.29, 0.717) is 19.3 Å². The number of aliphatic hydroxyl groups is 1. The number of hydrogen-bond acceptors (Lipinski definition) is 5. The van der Waals surface area contributed by atoms with E-state index < -0.39 is 23.6 Å². The fourth-order valence-corrected chi connectivity index (χ4v) is 3.59. The van der Waals surface area contributed by atoms with Crippen molar-refractivity contribution in [3.8, 4) is 0 Å². The van der Waals surface area contributed by atoms with Crippen LogP contribution in [0.15, 0.2) is 42.2 Å². The Morgan fingerprint density at radius 1 is 1.39 bits per heavy atom. The summed E-state index contributed by atoms with van der Waals surface area (Å²) < 4.78 is 10.3. The topological polar surface area (TPSA) is 72.8 Å². The monoisotopic (exact) mass is 316 g/mol. The van der Waals surface area contributed by atoms with E-state index in [1.807, 2.05) is 30.3 Å². The molecule has 2 aliphatic rings. The third-order valence-corrected chi connectivity index (χ3v) is 4.70. The minimum absolute atomic E-state index is 0.0157. The zero-order chi connectivity index (χ0) is 16.4. The number of ether oxygens (including phenoxy) is 2. The number of rotatable bonds is 3. The molecule has 1 aromatic carbocycles. The molecule has 1 fully saturated rings. The molecule has 122 valence electrons. The highest BCUT2D eigenvalue weighted by Crippen LogP contribution is 2.53. The van der Waals surface area contributed by atoms with Crippen molar-refractivity contribution in [2.45, 2.75) is 38.4 Å². The molecule has 3 atom stereocenters. The first-order chi connectivity index (χ1) is 11.1. The van der Waals surface area contributed by atoms with E-state index in [2.05, 4.69) is 0 Å². The Morgan fingerprint density at radius 3 is 2.74 bits per heavy atom. The molecule has 0 saturated heterocycles. The molecule has 5 nitrogen and oxygen atoms in total. The van der Waals surface area contributed by atoms with Gasteiger partial charge in [-0.3, -0.25) is 4.79 Å². The van der Waals surface area contributed by atoms with Crippen LogP contribution < -0.4 is 0 Å². The number of hydrogen-bond donors (Lipinski definition) is 1. The van der Waals surface area contributed by atoms with Gasteiger partial charge in [0.15, 0.2) is 0 Å². The zero-order valence-electron chi connectivity index (χ0n) is 13.0. The van der Waals surface area contributed by atoms with Crippen molar-refractivity contribution in [3.63, 3.8) is 0 Å². The van der Waals surface area contributed by atoms with Crippen LogP contribution in [-0.2, 0) is 19.1 Å². The fraction of sp³-hybridized carbons (Fsp3) is 0.444. The number of carbonyl (C=O) groups is 2. The molecular formula is C18H20O5. The molecule has 23 heavy (non-hydrogen) atoms. The van der Waals surface area contributed by atoms with E-state index in [4.69, 9.17) is 9.47 Å². The number of esters is 1. The Bertz CT molecular complexity index is 636. The molecule has 1 N–H and O–H groups in total. The Balaban J connectivity index is 2.08. The quantitative estimate of drug-likeness (QED) is 0.866. The molecule has 0 amide bonds. The van der Waals surface area contributed by atoms with Gasteiger partial charge in [0.05, 0.1) is 6.61 Å². The van der Waals surface area contributed by atoms with E-state index in [1.165, 1.54) is 0 Å². The number of Topliss-reactive ketones (excluding diaryl/α,β-unsaturated/α-hetero) is 1. The Hall–Kier alpha value is -2.14.